The smallest absolute Gasteiger partial charge is 0.343 e. The molecular weight excluding hydrogens is 224 g/mol. The molecular formula is C9H7ClO5. The van der Waals surface area contributed by atoms with Gasteiger partial charge in [0.15, 0.2) is 5.76 Å². The summed E-state index contributed by atoms with van der Waals surface area (Å²) in [6.45, 7) is 0. The maximum absolute atomic E-state index is 11.5. The number of carbonyl (C=O) groups is 3. The molecule has 0 aromatic carbocycles. The predicted molar refractivity (Wildman–Crippen MR) is 50.0 cm³/mol. The summed E-state index contributed by atoms with van der Waals surface area (Å²) < 4.78 is 8.97. The van der Waals surface area contributed by atoms with Crippen LogP contribution >= 0.6 is 11.6 Å². The van der Waals surface area contributed by atoms with Crippen molar-refractivity contribution in [1.29, 1.82) is 0 Å². The minimum atomic E-state index is -0.957. The first-order valence-corrected chi connectivity index (χ1v) is 4.23. The summed E-state index contributed by atoms with van der Waals surface area (Å²) in [4.78, 5) is 33.9. The highest BCUT2D eigenvalue weighted by Crippen LogP contribution is 2.23. The fraction of sp³-hybridized carbons (Fsp3) is 0.222. The van der Waals surface area contributed by atoms with E-state index in [4.69, 9.17) is 11.6 Å². The van der Waals surface area contributed by atoms with Crippen LogP contribution in [0.5, 0.6) is 0 Å². The third-order valence-corrected chi connectivity index (χ3v) is 2.13. The molecule has 0 saturated heterocycles. The molecule has 15 heavy (non-hydrogen) atoms. The molecule has 0 unspecified atom stereocenters. The fourth-order valence-corrected chi connectivity index (χ4v) is 1.25. The molecule has 0 aromatic heterocycles. The summed E-state index contributed by atoms with van der Waals surface area (Å²) in [6, 6.07) is 0. The van der Waals surface area contributed by atoms with Crippen molar-refractivity contribution in [2.75, 3.05) is 14.2 Å². The molecule has 0 aliphatic heterocycles. The summed E-state index contributed by atoms with van der Waals surface area (Å²) in [5.41, 5.74) is -0.497. The van der Waals surface area contributed by atoms with E-state index in [1.807, 2.05) is 0 Å². The second kappa shape index (κ2) is 4.27. The summed E-state index contributed by atoms with van der Waals surface area (Å²) in [7, 11) is 2.30. The molecule has 1 aliphatic rings. The minimum absolute atomic E-state index is 0.232. The predicted octanol–water partition coefficient (Wildman–Crippen LogP) is 0.334. The molecule has 0 aromatic rings. The quantitative estimate of drug-likeness (QED) is 0.389. The Morgan fingerprint density at radius 3 is 2.40 bits per heavy atom. The van der Waals surface area contributed by atoms with Crippen LogP contribution < -0.4 is 0 Å². The number of Topliss-reactive ketones (excluding diaryl/α,β-unsaturated/α-hetero) is 1. The van der Waals surface area contributed by atoms with Crippen molar-refractivity contribution in [2.45, 2.75) is 0 Å². The normalized spacial score (nSPS) is 16.3. The van der Waals surface area contributed by atoms with E-state index >= 15 is 0 Å². The lowest BCUT2D eigenvalue weighted by atomic mass is 10.0. The first-order valence-electron chi connectivity index (χ1n) is 3.85. The minimum Gasteiger partial charge on any atom is -0.492 e. The van der Waals surface area contributed by atoms with Crippen LogP contribution in [-0.4, -0.2) is 31.8 Å². The van der Waals surface area contributed by atoms with Gasteiger partial charge in [-0.2, -0.15) is 0 Å². The number of carbonyl (C=O) groups excluding carboxylic acids is 3. The topological polar surface area (TPSA) is 69.7 Å². The Balaban J connectivity index is 3.23. The van der Waals surface area contributed by atoms with Gasteiger partial charge < -0.3 is 9.47 Å². The van der Waals surface area contributed by atoms with Crippen LogP contribution in [-0.2, 0) is 23.9 Å². The average molecular weight is 231 g/mol. The van der Waals surface area contributed by atoms with E-state index in [2.05, 4.69) is 9.47 Å². The average Bonchev–Trinajstić information content (AvgIpc) is 2.23. The van der Waals surface area contributed by atoms with Crippen molar-refractivity contribution in [1.82, 2.24) is 0 Å². The van der Waals surface area contributed by atoms with E-state index < -0.39 is 28.1 Å². The van der Waals surface area contributed by atoms with Crippen LogP contribution in [0, 0.1) is 0 Å². The Kier molecular flexibility index (Phi) is 3.26. The standard InChI is InChI=1S/C9H7ClO5/c1-14-5-3-4(11)7(10)6(8(5)12)9(13)15-2/h3H,1-2H3. The molecule has 0 spiro atoms. The van der Waals surface area contributed by atoms with Crippen molar-refractivity contribution in [3.8, 4) is 0 Å². The highest BCUT2D eigenvalue weighted by atomic mass is 35.5. The molecule has 80 valence electrons. The molecule has 0 radical (unpaired) electrons. The van der Waals surface area contributed by atoms with Gasteiger partial charge in [0.25, 0.3) is 0 Å². The second-order valence-corrected chi connectivity index (χ2v) is 2.96. The lowest BCUT2D eigenvalue weighted by Crippen LogP contribution is -2.24. The highest BCUT2D eigenvalue weighted by molar-refractivity contribution is 6.51. The number of halogens is 1. The maximum Gasteiger partial charge on any atom is 0.343 e. The van der Waals surface area contributed by atoms with Gasteiger partial charge in [0.2, 0.25) is 11.6 Å². The molecule has 0 N–H and O–H groups in total. The van der Waals surface area contributed by atoms with Crippen LogP contribution in [0.25, 0.3) is 0 Å². The SMILES string of the molecule is COC(=O)C1=C(Cl)C(=O)C=C(OC)C1=O. The highest BCUT2D eigenvalue weighted by Gasteiger charge is 2.33. The molecule has 1 rings (SSSR count). The second-order valence-electron chi connectivity index (χ2n) is 2.59. The Hall–Kier alpha value is -1.62. The Morgan fingerprint density at radius 1 is 1.33 bits per heavy atom. The van der Waals surface area contributed by atoms with Gasteiger partial charge in [-0.1, -0.05) is 11.6 Å². The largest absolute Gasteiger partial charge is 0.492 e. The molecule has 0 atom stereocenters. The van der Waals surface area contributed by atoms with Gasteiger partial charge in [0, 0.05) is 6.08 Å². The van der Waals surface area contributed by atoms with Gasteiger partial charge in [0.1, 0.15) is 10.6 Å². The Morgan fingerprint density at radius 2 is 1.93 bits per heavy atom. The maximum atomic E-state index is 11.5. The van der Waals surface area contributed by atoms with E-state index in [-0.39, 0.29) is 5.76 Å². The Bertz CT molecular complexity index is 405. The van der Waals surface area contributed by atoms with E-state index in [0.717, 1.165) is 13.2 Å². The van der Waals surface area contributed by atoms with Gasteiger partial charge in [-0.15, -0.1) is 0 Å². The first-order chi connectivity index (χ1) is 7.02. The van der Waals surface area contributed by atoms with Crippen LogP contribution in [0.2, 0.25) is 0 Å². The zero-order valence-corrected chi connectivity index (χ0v) is 8.75. The monoisotopic (exact) mass is 230 g/mol. The molecule has 0 heterocycles. The fourth-order valence-electron chi connectivity index (χ4n) is 1.03. The van der Waals surface area contributed by atoms with E-state index in [1.165, 1.54) is 7.11 Å². The Labute approximate surface area is 90.3 Å². The van der Waals surface area contributed by atoms with Crippen molar-refractivity contribution >= 4 is 29.1 Å². The molecule has 6 heteroatoms. The van der Waals surface area contributed by atoms with Crippen LogP contribution in [0.1, 0.15) is 0 Å². The van der Waals surface area contributed by atoms with Crippen LogP contribution in [0.3, 0.4) is 0 Å². The van der Waals surface area contributed by atoms with Crippen molar-refractivity contribution in [3.63, 3.8) is 0 Å². The van der Waals surface area contributed by atoms with E-state index in [0.29, 0.717) is 0 Å². The number of rotatable bonds is 2. The van der Waals surface area contributed by atoms with E-state index in [1.54, 1.807) is 0 Å². The molecule has 0 bridgehead atoms. The number of ether oxygens (including phenoxy) is 2. The van der Waals surface area contributed by atoms with Gasteiger partial charge in [-0.3, -0.25) is 9.59 Å². The summed E-state index contributed by atoms with van der Waals surface area (Å²) in [6.07, 6.45) is 0.928. The molecule has 0 fully saturated rings. The number of methoxy groups -OCH3 is 2. The molecule has 0 amide bonds. The van der Waals surface area contributed by atoms with Crippen molar-refractivity contribution in [3.05, 3.63) is 22.4 Å². The van der Waals surface area contributed by atoms with Gasteiger partial charge >= 0.3 is 5.97 Å². The van der Waals surface area contributed by atoms with Gasteiger partial charge in [-0.25, -0.2) is 4.79 Å². The van der Waals surface area contributed by atoms with Gasteiger partial charge in [-0.05, 0) is 0 Å². The zero-order valence-electron chi connectivity index (χ0n) is 8.00. The third kappa shape index (κ3) is 1.92. The lowest BCUT2D eigenvalue weighted by Gasteiger charge is -2.12. The van der Waals surface area contributed by atoms with Gasteiger partial charge in [0.05, 0.1) is 14.2 Å². The van der Waals surface area contributed by atoms with Crippen molar-refractivity contribution in [2.24, 2.45) is 0 Å². The lowest BCUT2D eigenvalue weighted by molar-refractivity contribution is -0.138. The first kappa shape index (κ1) is 11.5. The summed E-state index contributed by atoms with van der Waals surface area (Å²) in [5, 5.41) is -0.451. The molecule has 5 nitrogen and oxygen atoms in total. The van der Waals surface area contributed by atoms with Crippen molar-refractivity contribution < 1.29 is 23.9 Å². The third-order valence-electron chi connectivity index (χ3n) is 1.76. The number of allylic oxidation sites excluding steroid dienone is 3. The van der Waals surface area contributed by atoms with E-state index in [9.17, 15) is 14.4 Å². The molecule has 1 aliphatic carbocycles. The molecule has 0 saturated carbocycles. The summed E-state index contributed by atoms with van der Waals surface area (Å²) >= 11 is 5.53. The number of hydrogen-bond acceptors (Lipinski definition) is 5. The number of ketones is 2. The number of esters is 1. The van der Waals surface area contributed by atoms with Crippen LogP contribution in [0.4, 0.5) is 0 Å². The summed E-state index contributed by atoms with van der Waals surface area (Å²) in [5.74, 6) is -2.60. The zero-order chi connectivity index (χ0) is 11.6. The number of hydrogen-bond donors (Lipinski definition) is 0. The van der Waals surface area contributed by atoms with Crippen LogP contribution in [0.15, 0.2) is 22.4 Å².